The summed E-state index contributed by atoms with van der Waals surface area (Å²) < 4.78 is 25.2. The SMILES string of the molecule is CN(NC(=O)Nc1c(F)cc(Cl)c2c1OC(C)(C)C2)C(=O)Oc1ccccc1. The number of nitrogens with zero attached hydrogens (tertiary/aromatic N) is 1. The summed E-state index contributed by atoms with van der Waals surface area (Å²) in [7, 11) is 1.30. The van der Waals surface area contributed by atoms with E-state index in [-0.39, 0.29) is 16.5 Å². The molecule has 0 saturated carbocycles. The fourth-order valence-electron chi connectivity index (χ4n) is 2.77. The number of para-hydroxylation sites is 1. The molecule has 1 aliphatic heterocycles. The Morgan fingerprint density at radius 3 is 2.64 bits per heavy atom. The largest absolute Gasteiger partial charge is 0.485 e. The van der Waals surface area contributed by atoms with Crippen LogP contribution in [0.15, 0.2) is 36.4 Å². The normalized spacial score (nSPS) is 13.9. The van der Waals surface area contributed by atoms with Crippen molar-refractivity contribution in [3.63, 3.8) is 0 Å². The molecule has 0 radical (unpaired) electrons. The van der Waals surface area contributed by atoms with Crippen LogP contribution in [0.25, 0.3) is 0 Å². The fraction of sp³-hybridized carbons (Fsp3) is 0.263. The predicted octanol–water partition coefficient (Wildman–Crippen LogP) is 4.36. The first-order valence-electron chi connectivity index (χ1n) is 8.44. The van der Waals surface area contributed by atoms with E-state index in [0.717, 1.165) is 11.1 Å². The second kappa shape index (κ2) is 7.55. The van der Waals surface area contributed by atoms with E-state index >= 15 is 0 Å². The van der Waals surface area contributed by atoms with Crippen molar-refractivity contribution in [2.45, 2.75) is 25.9 Å². The summed E-state index contributed by atoms with van der Waals surface area (Å²) in [6.45, 7) is 3.66. The molecule has 3 amide bonds. The van der Waals surface area contributed by atoms with Crippen molar-refractivity contribution < 1.29 is 23.5 Å². The molecule has 0 unspecified atom stereocenters. The molecule has 2 N–H and O–H groups in total. The highest BCUT2D eigenvalue weighted by atomic mass is 35.5. The number of ether oxygens (including phenoxy) is 2. The summed E-state index contributed by atoms with van der Waals surface area (Å²) in [5.41, 5.74) is 2.14. The number of nitrogens with one attached hydrogen (secondary N) is 2. The maximum atomic E-state index is 14.4. The Morgan fingerprint density at radius 2 is 1.96 bits per heavy atom. The van der Waals surface area contributed by atoms with E-state index in [1.54, 1.807) is 30.3 Å². The molecular formula is C19H19ClFN3O4. The van der Waals surface area contributed by atoms with Gasteiger partial charge in [-0.05, 0) is 32.0 Å². The van der Waals surface area contributed by atoms with Gasteiger partial charge in [0.25, 0.3) is 0 Å². The Morgan fingerprint density at radius 1 is 1.29 bits per heavy atom. The molecule has 2 aromatic rings. The summed E-state index contributed by atoms with van der Waals surface area (Å²) in [4.78, 5) is 24.3. The summed E-state index contributed by atoms with van der Waals surface area (Å²) in [5.74, 6) is -0.246. The van der Waals surface area contributed by atoms with E-state index in [2.05, 4.69) is 10.7 Å². The van der Waals surface area contributed by atoms with E-state index in [0.29, 0.717) is 17.7 Å². The van der Waals surface area contributed by atoms with Crippen LogP contribution in [0, 0.1) is 5.82 Å². The van der Waals surface area contributed by atoms with Gasteiger partial charge in [0, 0.05) is 19.0 Å². The number of fused-ring (bicyclic) bond motifs is 1. The average molecular weight is 408 g/mol. The number of halogens is 2. The lowest BCUT2D eigenvalue weighted by Crippen LogP contribution is -2.46. The summed E-state index contributed by atoms with van der Waals surface area (Å²) in [6, 6.07) is 8.64. The molecular weight excluding hydrogens is 389 g/mol. The zero-order valence-electron chi connectivity index (χ0n) is 15.5. The lowest BCUT2D eigenvalue weighted by Gasteiger charge is -2.20. The molecule has 1 aliphatic rings. The summed E-state index contributed by atoms with van der Waals surface area (Å²) in [5, 5.41) is 3.43. The van der Waals surface area contributed by atoms with Crippen LogP contribution in [-0.2, 0) is 6.42 Å². The first-order chi connectivity index (χ1) is 13.2. The second-order valence-electron chi connectivity index (χ2n) is 6.87. The van der Waals surface area contributed by atoms with Crippen LogP contribution in [0.3, 0.4) is 0 Å². The molecule has 0 aliphatic carbocycles. The zero-order valence-corrected chi connectivity index (χ0v) is 16.3. The second-order valence-corrected chi connectivity index (χ2v) is 7.27. The highest BCUT2D eigenvalue weighted by Crippen LogP contribution is 2.45. The number of hydrazine groups is 1. The minimum atomic E-state index is -0.843. The standard InChI is InChI=1S/C19H19ClFN3O4/c1-19(2)10-12-13(20)9-14(21)15(16(12)28-19)22-17(25)23-24(3)18(26)27-11-7-5-4-6-8-11/h4-9H,10H2,1-3H3,(H2,22,23,25). The third-order valence-electron chi connectivity index (χ3n) is 3.99. The van der Waals surface area contributed by atoms with Crippen molar-refractivity contribution in [1.29, 1.82) is 0 Å². The number of hydrogen-bond donors (Lipinski definition) is 2. The Labute approximate surface area is 166 Å². The predicted molar refractivity (Wildman–Crippen MR) is 102 cm³/mol. The first-order valence-corrected chi connectivity index (χ1v) is 8.82. The molecule has 0 aromatic heterocycles. The smallest absolute Gasteiger partial charge is 0.433 e. The molecule has 148 valence electrons. The first kappa shape index (κ1) is 19.8. The average Bonchev–Trinajstić information content (AvgIpc) is 2.95. The maximum Gasteiger partial charge on any atom is 0.433 e. The van der Waals surface area contributed by atoms with Gasteiger partial charge < -0.3 is 14.8 Å². The molecule has 0 spiro atoms. The molecule has 0 bridgehead atoms. The molecule has 3 rings (SSSR count). The van der Waals surface area contributed by atoms with Gasteiger partial charge in [-0.2, -0.15) is 0 Å². The topological polar surface area (TPSA) is 79.9 Å². The number of rotatable bonds is 2. The van der Waals surface area contributed by atoms with E-state index in [9.17, 15) is 14.0 Å². The van der Waals surface area contributed by atoms with Crippen LogP contribution >= 0.6 is 11.6 Å². The number of carbonyl (C=O) groups excluding carboxylic acids is 2. The zero-order chi connectivity index (χ0) is 20.5. The van der Waals surface area contributed by atoms with Crippen molar-refractivity contribution in [2.75, 3.05) is 12.4 Å². The molecule has 0 fully saturated rings. The van der Waals surface area contributed by atoms with Crippen LogP contribution in [0.2, 0.25) is 5.02 Å². The number of anilines is 1. The quantitative estimate of drug-likeness (QED) is 0.725. The maximum absolute atomic E-state index is 14.4. The van der Waals surface area contributed by atoms with Crippen molar-refractivity contribution in [2.24, 2.45) is 0 Å². The number of urea groups is 1. The molecule has 0 saturated heterocycles. The van der Waals surface area contributed by atoms with Gasteiger partial charge in [-0.25, -0.2) is 24.4 Å². The molecule has 9 heteroatoms. The van der Waals surface area contributed by atoms with Gasteiger partial charge in [-0.3, -0.25) is 0 Å². The van der Waals surface area contributed by atoms with E-state index in [4.69, 9.17) is 21.1 Å². The van der Waals surface area contributed by atoms with Gasteiger partial charge in [0.1, 0.15) is 17.0 Å². The highest BCUT2D eigenvalue weighted by Gasteiger charge is 2.35. The van der Waals surface area contributed by atoms with Gasteiger partial charge in [0.2, 0.25) is 0 Å². The van der Waals surface area contributed by atoms with Crippen LogP contribution < -0.4 is 20.2 Å². The Kier molecular flexibility index (Phi) is 5.33. The van der Waals surface area contributed by atoms with E-state index in [1.807, 2.05) is 13.8 Å². The lowest BCUT2D eigenvalue weighted by molar-refractivity contribution is 0.138. The van der Waals surface area contributed by atoms with Crippen LogP contribution in [-0.4, -0.2) is 29.8 Å². The van der Waals surface area contributed by atoms with Crippen molar-refractivity contribution in [1.82, 2.24) is 10.4 Å². The van der Waals surface area contributed by atoms with Gasteiger partial charge in [0.15, 0.2) is 11.6 Å². The lowest BCUT2D eigenvalue weighted by atomic mass is 10.0. The van der Waals surface area contributed by atoms with Gasteiger partial charge in [-0.1, -0.05) is 29.8 Å². The van der Waals surface area contributed by atoms with Crippen LogP contribution in [0.4, 0.5) is 19.7 Å². The van der Waals surface area contributed by atoms with Crippen LogP contribution in [0.5, 0.6) is 11.5 Å². The minimum Gasteiger partial charge on any atom is -0.485 e. The number of amides is 3. The number of benzene rings is 2. The minimum absolute atomic E-state index is 0.146. The van der Waals surface area contributed by atoms with E-state index in [1.165, 1.54) is 7.05 Å². The molecule has 1 heterocycles. The van der Waals surface area contributed by atoms with Gasteiger partial charge in [-0.15, -0.1) is 0 Å². The number of carbonyl (C=O) groups is 2. The van der Waals surface area contributed by atoms with Gasteiger partial charge in [0.05, 0.1) is 5.02 Å². The Balaban J connectivity index is 1.69. The highest BCUT2D eigenvalue weighted by molar-refractivity contribution is 6.31. The molecule has 0 atom stereocenters. The summed E-state index contributed by atoms with van der Waals surface area (Å²) >= 11 is 6.10. The third-order valence-corrected chi connectivity index (χ3v) is 4.33. The molecule has 7 nitrogen and oxygen atoms in total. The van der Waals surface area contributed by atoms with Crippen molar-refractivity contribution >= 4 is 29.4 Å². The van der Waals surface area contributed by atoms with Gasteiger partial charge >= 0.3 is 12.1 Å². The third kappa shape index (κ3) is 4.28. The fourth-order valence-corrected chi connectivity index (χ4v) is 3.02. The monoisotopic (exact) mass is 407 g/mol. The Bertz CT molecular complexity index is 921. The molecule has 2 aromatic carbocycles. The summed E-state index contributed by atoms with van der Waals surface area (Å²) in [6.07, 6.45) is -0.346. The van der Waals surface area contributed by atoms with Crippen LogP contribution in [0.1, 0.15) is 19.4 Å². The Hall–Kier alpha value is -3.00. The number of hydrogen-bond acceptors (Lipinski definition) is 4. The van der Waals surface area contributed by atoms with E-state index < -0.39 is 23.5 Å². The van der Waals surface area contributed by atoms with Crippen molar-refractivity contribution in [3.8, 4) is 11.5 Å². The molecule has 28 heavy (non-hydrogen) atoms. The van der Waals surface area contributed by atoms with Crippen molar-refractivity contribution in [3.05, 3.63) is 52.8 Å².